The second kappa shape index (κ2) is 4.82. The number of aryl methyl sites for hydroxylation is 1. The van der Waals surface area contributed by atoms with Crippen LogP contribution in [0, 0.1) is 30.6 Å². The quantitative estimate of drug-likeness (QED) is 0.923. The fourth-order valence-electron chi connectivity index (χ4n) is 3.90. The molecule has 3 aliphatic rings. The van der Waals surface area contributed by atoms with E-state index in [1.54, 1.807) is 0 Å². The van der Waals surface area contributed by atoms with Gasteiger partial charge in [-0.25, -0.2) is 4.98 Å². The number of amides is 1. The molecule has 1 N–H and O–H groups in total. The molecular formula is C16H24N4O. The van der Waals surface area contributed by atoms with Gasteiger partial charge in [-0.1, -0.05) is 6.92 Å². The SMILES string of the molecule is Cc1nc([C@@H]2CN(C(=O)C(C)C3CC3)C[C@H]2C2CC2)n[nH]1. The molecule has 5 nitrogen and oxygen atoms in total. The summed E-state index contributed by atoms with van der Waals surface area (Å²) in [4.78, 5) is 19.3. The number of aromatic nitrogens is 3. The number of rotatable bonds is 4. The van der Waals surface area contributed by atoms with Crippen molar-refractivity contribution in [2.45, 2.75) is 45.4 Å². The number of carbonyl (C=O) groups is 1. The van der Waals surface area contributed by atoms with Gasteiger partial charge in [-0.05, 0) is 50.4 Å². The van der Waals surface area contributed by atoms with Crippen LogP contribution < -0.4 is 0 Å². The minimum absolute atomic E-state index is 0.206. The van der Waals surface area contributed by atoms with E-state index in [1.165, 1.54) is 25.7 Å². The van der Waals surface area contributed by atoms with Gasteiger partial charge in [0.15, 0.2) is 5.82 Å². The Balaban J connectivity index is 1.52. The van der Waals surface area contributed by atoms with Crippen LogP contribution in [-0.4, -0.2) is 39.1 Å². The number of hydrogen-bond donors (Lipinski definition) is 1. The summed E-state index contributed by atoms with van der Waals surface area (Å²) in [7, 11) is 0. The maximum Gasteiger partial charge on any atom is 0.225 e. The van der Waals surface area contributed by atoms with Gasteiger partial charge in [0, 0.05) is 24.9 Å². The molecule has 2 aliphatic carbocycles. The summed E-state index contributed by atoms with van der Waals surface area (Å²) in [6.07, 6.45) is 5.09. The Hall–Kier alpha value is -1.39. The number of aromatic amines is 1. The molecule has 3 atom stereocenters. The lowest BCUT2D eigenvalue weighted by atomic mass is 9.91. The van der Waals surface area contributed by atoms with Gasteiger partial charge in [0.1, 0.15) is 5.82 Å². The summed E-state index contributed by atoms with van der Waals surface area (Å²) in [5.74, 6) is 4.67. The Bertz CT molecular complexity index is 546. The molecular weight excluding hydrogens is 264 g/mol. The minimum atomic E-state index is 0.206. The van der Waals surface area contributed by atoms with Gasteiger partial charge < -0.3 is 4.90 Å². The average molecular weight is 288 g/mol. The van der Waals surface area contributed by atoms with Gasteiger partial charge in [0.05, 0.1) is 0 Å². The molecule has 3 fully saturated rings. The van der Waals surface area contributed by atoms with Crippen LogP contribution in [0.2, 0.25) is 0 Å². The van der Waals surface area contributed by atoms with Crippen molar-refractivity contribution < 1.29 is 4.79 Å². The molecule has 1 aromatic rings. The van der Waals surface area contributed by atoms with E-state index in [4.69, 9.17) is 0 Å². The molecule has 1 amide bonds. The molecule has 0 aromatic carbocycles. The Morgan fingerprint density at radius 3 is 2.62 bits per heavy atom. The highest BCUT2D eigenvalue weighted by molar-refractivity contribution is 5.79. The van der Waals surface area contributed by atoms with E-state index >= 15 is 0 Å². The molecule has 1 unspecified atom stereocenters. The third kappa shape index (κ3) is 2.47. The molecule has 2 heterocycles. The van der Waals surface area contributed by atoms with Crippen LogP contribution in [0.1, 0.15) is 50.2 Å². The number of nitrogens with zero attached hydrogens (tertiary/aromatic N) is 3. The lowest BCUT2D eigenvalue weighted by Gasteiger charge is -2.20. The highest BCUT2D eigenvalue weighted by Crippen LogP contribution is 2.47. The number of likely N-dealkylation sites (tertiary alicyclic amines) is 1. The first-order valence-corrected chi connectivity index (χ1v) is 8.31. The zero-order valence-electron chi connectivity index (χ0n) is 12.9. The van der Waals surface area contributed by atoms with E-state index in [9.17, 15) is 4.79 Å². The normalized spacial score (nSPS) is 30.7. The summed E-state index contributed by atoms with van der Waals surface area (Å²) in [5.41, 5.74) is 0. The lowest BCUT2D eigenvalue weighted by molar-refractivity contribution is -0.134. The first-order valence-electron chi connectivity index (χ1n) is 8.31. The van der Waals surface area contributed by atoms with Crippen LogP contribution in [0.25, 0.3) is 0 Å². The predicted molar refractivity (Wildman–Crippen MR) is 78.5 cm³/mol. The number of H-pyrrole nitrogens is 1. The van der Waals surface area contributed by atoms with Gasteiger partial charge in [-0.3, -0.25) is 9.89 Å². The van der Waals surface area contributed by atoms with Crippen LogP contribution in [0.4, 0.5) is 0 Å². The molecule has 4 rings (SSSR count). The summed E-state index contributed by atoms with van der Waals surface area (Å²) in [5, 5.41) is 7.33. The third-order valence-electron chi connectivity index (χ3n) is 5.57. The first-order chi connectivity index (χ1) is 10.1. The largest absolute Gasteiger partial charge is 0.341 e. The molecule has 114 valence electrons. The maximum atomic E-state index is 12.7. The van der Waals surface area contributed by atoms with Crippen LogP contribution in [0.5, 0.6) is 0 Å². The summed E-state index contributed by atoms with van der Waals surface area (Å²) in [6, 6.07) is 0. The Morgan fingerprint density at radius 2 is 2.05 bits per heavy atom. The fourth-order valence-corrected chi connectivity index (χ4v) is 3.90. The van der Waals surface area contributed by atoms with Crippen molar-refractivity contribution in [3.05, 3.63) is 11.6 Å². The topological polar surface area (TPSA) is 61.9 Å². The molecule has 1 saturated heterocycles. The maximum absolute atomic E-state index is 12.7. The van der Waals surface area contributed by atoms with Crippen molar-refractivity contribution in [2.24, 2.45) is 23.7 Å². The molecule has 1 aromatic heterocycles. The number of nitrogens with one attached hydrogen (secondary N) is 1. The van der Waals surface area contributed by atoms with E-state index in [1.807, 2.05) is 6.92 Å². The molecule has 0 radical (unpaired) electrons. The molecule has 0 spiro atoms. The molecule has 5 heteroatoms. The zero-order valence-corrected chi connectivity index (χ0v) is 12.9. The van der Waals surface area contributed by atoms with Crippen molar-refractivity contribution in [1.82, 2.24) is 20.1 Å². The number of hydrogen-bond acceptors (Lipinski definition) is 3. The van der Waals surface area contributed by atoms with Gasteiger partial charge >= 0.3 is 0 Å². The van der Waals surface area contributed by atoms with Gasteiger partial charge in [0.25, 0.3) is 0 Å². The summed E-state index contributed by atoms with van der Waals surface area (Å²) < 4.78 is 0. The standard InChI is InChI=1S/C16H24N4O/c1-9(11-3-4-11)16(21)20-7-13(12-5-6-12)14(8-20)15-17-10(2)18-19-15/h9,11-14H,3-8H2,1-2H3,(H,17,18,19)/t9?,13-,14+/m0/s1. The Kier molecular flexibility index (Phi) is 3.05. The highest BCUT2D eigenvalue weighted by Gasteiger charge is 2.47. The average Bonchev–Trinajstić information content (AvgIpc) is 3.40. The fraction of sp³-hybridized carbons (Fsp3) is 0.812. The molecule has 2 saturated carbocycles. The summed E-state index contributed by atoms with van der Waals surface area (Å²) in [6.45, 7) is 5.78. The van der Waals surface area contributed by atoms with Gasteiger partial charge in [-0.15, -0.1) is 0 Å². The van der Waals surface area contributed by atoms with E-state index in [0.717, 1.165) is 30.7 Å². The van der Waals surface area contributed by atoms with Crippen LogP contribution in [0.15, 0.2) is 0 Å². The van der Waals surface area contributed by atoms with E-state index in [-0.39, 0.29) is 5.92 Å². The smallest absolute Gasteiger partial charge is 0.225 e. The number of carbonyl (C=O) groups excluding carboxylic acids is 1. The van der Waals surface area contributed by atoms with Gasteiger partial charge in [-0.2, -0.15) is 5.10 Å². The van der Waals surface area contributed by atoms with Crippen molar-refractivity contribution in [2.75, 3.05) is 13.1 Å². The van der Waals surface area contributed by atoms with Gasteiger partial charge in [0.2, 0.25) is 5.91 Å². The second-order valence-electron chi connectivity index (χ2n) is 7.26. The van der Waals surface area contributed by atoms with E-state index in [0.29, 0.717) is 23.7 Å². The van der Waals surface area contributed by atoms with Crippen LogP contribution in [-0.2, 0) is 4.79 Å². The van der Waals surface area contributed by atoms with E-state index in [2.05, 4.69) is 27.0 Å². The van der Waals surface area contributed by atoms with Crippen molar-refractivity contribution in [3.8, 4) is 0 Å². The van der Waals surface area contributed by atoms with Crippen molar-refractivity contribution in [1.29, 1.82) is 0 Å². The monoisotopic (exact) mass is 288 g/mol. The van der Waals surface area contributed by atoms with Crippen molar-refractivity contribution in [3.63, 3.8) is 0 Å². The zero-order chi connectivity index (χ0) is 14.6. The van der Waals surface area contributed by atoms with Crippen LogP contribution >= 0.6 is 0 Å². The molecule has 1 aliphatic heterocycles. The van der Waals surface area contributed by atoms with E-state index < -0.39 is 0 Å². The predicted octanol–water partition coefficient (Wildman–Crippen LogP) is 2.11. The van der Waals surface area contributed by atoms with Crippen molar-refractivity contribution >= 4 is 5.91 Å². The third-order valence-corrected chi connectivity index (χ3v) is 5.57. The lowest BCUT2D eigenvalue weighted by Crippen LogP contribution is -2.34. The first kappa shape index (κ1) is 13.3. The Morgan fingerprint density at radius 1 is 1.29 bits per heavy atom. The van der Waals surface area contributed by atoms with Crippen LogP contribution in [0.3, 0.4) is 0 Å². The molecule has 21 heavy (non-hydrogen) atoms. The Labute approximate surface area is 125 Å². The molecule has 0 bridgehead atoms. The summed E-state index contributed by atoms with van der Waals surface area (Å²) >= 11 is 0. The highest BCUT2D eigenvalue weighted by atomic mass is 16.2. The second-order valence-corrected chi connectivity index (χ2v) is 7.26. The minimum Gasteiger partial charge on any atom is -0.341 e.